The van der Waals surface area contributed by atoms with Crippen molar-refractivity contribution in [3.05, 3.63) is 28.5 Å². The van der Waals surface area contributed by atoms with Crippen LogP contribution in [0.1, 0.15) is 13.3 Å². The van der Waals surface area contributed by atoms with Gasteiger partial charge in [-0.15, -0.1) is 0 Å². The minimum atomic E-state index is -0.326. The summed E-state index contributed by atoms with van der Waals surface area (Å²) < 4.78 is 19.7. The van der Waals surface area contributed by atoms with Gasteiger partial charge in [0.05, 0.1) is 0 Å². The Bertz CT molecular complexity index is 319. The summed E-state index contributed by atoms with van der Waals surface area (Å²) in [5.41, 5.74) is 0. The molecule has 0 amide bonds. The molecule has 0 saturated carbocycles. The van der Waals surface area contributed by atoms with Gasteiger partial charge in [0.2, 0.25) is 0 Å². The van der Waals surface area contributed by atoms with Crippen molar-refractivity contribution in [2.24, 2.45) is 0 Å². The maximum Gasteiger partial charge on any atom is 0.165 e. The standard InChI is InChI=1S/C11H15BrFNO/c1-3-9(7-14-2)15-11-6-8(12)4-5-10(11)13/h4-6,9,14H,3,7H2,1-2H3. The van der Waals surface area contributed by atoms with Crippen molar-refractivity contribution in [3.8, 4) is 5.75 Å². The van der Waals surface area contributed by atoms with E-state index in [-0.39, 0.29) is 11.9 Å². The van der Waals surface area contributed by atoms with E-state index in [0.29, 0.717) is 12.3 Å². The summed E-state index contributed by atoms with van der Waals surface area (Å²) in [5.74, 6) is -0.0285. The molecule has 15 heavy (non-hydrogen) atoms. The van der Waals surface area contributed by atoms with E-state index in [1.54, 1.807) is 12.1 Å². The summed E-state index contributed by atoms with van der Waals surface area (Å²) in [6.07, 6.45) is 0.839. The molecule has 0 aliphatic heterocycles. The second kappa shape index (κ2) is 6.08. The largest absolute Gasteiger partial charge is 0.486 e. The van der Waals surface area contributed by atoms with E-state index >= 15 is 0 Å². The molecule has 1 unspecified atom stereocenters. The van der Waals surface area contributed by atoms with Gasteiger partial charge in [-0.3, -0.25) is 0 Å². The molecule has 4 heteroatoms. The van der Waals surface area contributed by atoms with Crippen molar-refractivity contribution in [3.63, 3.8) is 0 Å². The molecule has 1 N–H and O–H groups in total. The van der Waals surface area contributed by atoms with Crippen LogP contribution in [0.4, 0.5) is 4.39 Å². The number of benzene rings is 1. The first-order valence-corrected chi connectivity index (χ1v) is 5.73. The normalized spacial score (nSPS) is 12.5. The number of hydrogen-bond acceptors (Lipinski definition) is 2. The summed E-state index contributed by atoms with van der Waals surface area (Å²) in [7, 11) is 1.85. The highest BCUT2D eigenvalue weighted by atomic mass is 79.9. The molecule has 0 aliphatic carbocycles. The molecule has 0 heterocycles. The van der Waals surface area contributed by atoms with Gasteiger partial charge in [0.15, 0.2) is 11.6 Å². The highest BCUT2D eigenvalue weighted by molar-refractivity contribution is 9.10. The predicted octanol–water partition coefficient (Wildman–Crippen LogP) is 2.97. The Balaban J connectivity index is 2.73. The van der Waals surface area contributed by atoms with Crippen LogP contribution in [-0.2, 0) is 0 Å². The lowest BCUT2D eigenvalue weighted by Gasteiger charge is -2.17. The van der Waals surface area contributed by atoms with E-state index in [0.717, 1.165) is 10.9 Å². The van der Waals surface area contributed by atoms with Crippen LogP contribution < -0.4 is 10.1 Å². The molecule has 0 radical (unpaired) electrons. The topological polar surface area (TPSA) is 21.3 Å². The monoisotopic (exact) mass is 275 g/mol. The second-order valence-corrected chi connectivity index (χ2v) is 4.20. The highest BCUT2D eigenvalue weighted by Gasteiger charge is 2.10. The van der Waals surface area contributed by atoms with Gasteiger partial charge in [0, 0.05) is 11.0 Å². The van der Waals surface area contributed by atoms with Gasteiger partial charge in [0.1, 0.15) is 6.10 Å². The average molecular weight is 276 g/mol. The molecule has 1 aromatic rings. The Kier molecular flexibility index (Phi) is 5.05. The number of nitrogens with one attached hydrogen (secondary N) is 1. The number of likely N-dealkylation sites (N-methyl/N-ethyl adjacent to an activating group) is 1. The Hall–Kier alpha value is -0.610. The van der Waals surface area contributed by atoms with Crippen LogP contribution in [0.5, 0.6) is 5.75 Å². The second-order valence-electron chi connectivity index (χ2n) is 3.28. The number of hydrogen-bond donors (Lipinski definition) is 1. The van der Waals surface area contributed by atoms with Crippen molar-refractivity contribution in [2.75, 3.05) is 13.6 Å². The average Bonchev–Trinajstić information content (AvgIpc) is 2.22. The van der Waals surface area contributed by atoms with Crippen LogP contribution in [0.25, 0.3) is 0 Å². The minimum Gasteiger partial charge on any atom is -0.486 e. The lowest BCUT2D eigenvalue weighted by atomic mass is 10.2. The van der Waals surface area contributed by atoms with E-state index in [2.05, 4.69) is 21.2 Å². The van der Waals surface area contributed by atoms with Gasteiger partial charge in [-0.1, -0.05) is 22.9 Å². The van der Waals surface area contributed by atoms with Crippen LogP contribution in [-0.4, -0.2) is 19.7 Å². The maximum atomic E-state index is 13.3. The fraction of sp³-hybridized carbons (Fsp3) is 0.455. The molecule has 0 aromatic heterocycles. The van der Waals surface area contributed by atoms with E-state index in [4.69, 9.17) is 4.74 Å². The molecule has 2 nitrogen and oxygen atoms in total. The summed E-state index contributed by atoms with van der Waals surface area (Å²) >= 11 is 3.28. The molecule has 0 bridgehead atoms. The Morgan fingerprint density at radius 2 is 2.27 bits per heavy atom. The Morgan fingerprint density at radius 1 is 1.53 bits per heavy atom. The molecule has 0 aliphatic rings. The zero-order valence-electron chi connectivity index (χ0n) is 8.89. The molecular weight excluding hydrogens is 261 g/mol. The molecular formula is C11H15BrFNO. The first-order valence-electron chi connectivity index (χ1n) is 4.93. The van der Waals surface area contributed by atoms with Crippen LogP contribution >= 0.6 is 15.9 Å². The van der Waals surface area contributed by atoms with Gasteiger partial charge in [0.25, 0.3) is 0 Å². The maximum absolute atomic E-state index is 13.3. The molecule has 0 saturated heterocycles. The number of rotatable bonds is 5. The van der Waals surface area contributed by atoms with Gasteiger partial charge in [-0.25, -0.2) is 4.39 Å². The molecule has 0 fully saturated rings. The van der Waals surface area contributed by atoms with Gasteiger partial charge < -0.3 is 10.1 Å². The third kappa shape index (κ3) is 3.80. The molecule has 1 rings (SSSR count). The van der Waals surface area contributed by atoms with Crippen molar-refractivity contribution in [2.45, 2.75) is 19.4 Å². The van der Waals surface area contributed by atoms with E-state index in [9.17, 15) is 4.39 Å². The fourth-order valence-corrected chi connectivity index (χ4v) is 1.58. The van der Waals surface area contributed by atoms with Crippen LogP contribution in [0.15, 0.2) is 22.7 Å². The molecule has 1 atom stereocenters. The van der Waals surface area contributed by atoms with Gasteiger partial charge in [-0.05, 0) is 31.7 Å². The van der Waals surface area contributed by atoms with Crippen LogP contribution in [0, 0.1) is 5.82 Å². The Labute approximate surface area is 98.0 Å². The zero-order chi connectivity index (χ0) is 11.3. The first-order chi connectivity index (χ1) is 7.17. The lowest BCUT2D eigenvalue weighted by molar-refractivity contribution is 0.188. The minimum absolute atomic E-state index is 0.00111. The summed E-state index contributed by atoms with van der Waals surface area (Å²) in [6, 6.07) is 4.69. The zero-order valence-corrected chi connectivity index (χ0v) is 10.5. The Morgan fingerprint density at radius 3 is 2.87 bits per heavy atom. The number of halogens is 2. The SMILES string of the molecule is CCC(CNC)Oc1cc(Br)ccc1F. The molecule has 0 spiro atoms. The third-order valence-electron chi connectivity index (χ3n) is 2.07. The van der Waals surface area contributed by atoms with Gasteiger partial charge in [-0.2, -0.15) is 0 Å². The summed E-state index contributed by atoms with van der Waals surface area (Å²) in [4.78, 5) is 0. The number of ether oxygens (including phenoxy) is 1. The van der Waals surface area contributed by atoms with Crippen LogP contribution in [0.3, 0.4) is 0 Å². The van der Waals surface area contributed by atoms with E-state index in [1.807, 2.05) is 14.0 Å². The quantitative estimate of drug-likeness (QED) is 0.892. The van der Waals surface area contributed by atoms with Crippen molar-refractivity contribution < 1.29 is 9.13 Å². The van der Waals surface area contributed by atoms with E-state index < -0.39 is 0 Å². The van der Waals surface area contributed by atoms with Gasteiger partial charge >= 0.3 is 0 Å². The van der Waals surface area contributed by atoms with Crippen LogP contribution in [0.2, 0.25) is 0 Å². The highest BCUT2D eigenvalue weighted by Crippen LogP contribution is 2.23. The lowest BCUT2D eigenvalue weighted by Crippen LogP contribution is -2.28. The smallest absolute Gasteiger partial charge is 0.165 e. The van der Waals surface area contributed by atoms with E-state index in [1.165, 1.54) is 6.07 Å². The van der Waals surface area contributed by atoms with Crippen molar-refractivity contribution in [1.82, 2.24) is 5.32 Å². The molecule has 84 valence electrons. The predicted molar refractivity (Wildman–Crippen MR) is 62.7 cm³/mol. The van der Waals surface area contributed by atoms with Crippen molar-refractivity contribution >= 4 is 15.9 Å². The molecule has 1 aromatic carbocycles. The first kappa shape index (κ1) is 12.5. The third-order valence-corrected chi connectivity index (χ3v) is 2.57. The fourth-order valence-electron chi connectivity index (χ4n) is 1.24. The summed E-state index contributed by atoms with van der Waals surface area (Å²) in [6.45, 7) is 2.72. The summed E-state index contributed by atoms with van der Waals surface area (Å²) in [5, 5.41) is 3.01. The van der Waals surface area contributed by atoms with Crippen molar-refractivity contribution in [1.29, 1.82) is 0 Å².